The average Bonchev–Trinajstić information content (AvgIpc) is 3.01. The van der Waals surface area contributed by atoms with E-state index in [2.05, 4.69) is 56.9 Å². The molecule has 0 amide bonds. The third-order valence-corrected chi connectivity index (χ3v) is 5.47. The molecular weight excluding hydrogens is 326 g/mol. The van der Waals surface area contributed by atoms with Crippen molar-refractivity contribution in [3.8, 4) is 0 Å². The van der Waals surface area contributed by atoms with Crippen LogP contribution in [0.3, 0.4) is 0 Å². The van der Waals surface area contributed by atoms with E-state index < -0.39 is 0 Å². The van der Waals surface area contributed by atoms with Gasteiger partial charge in [-0.2, -0.15) is 0 Å². The second kappa shape index (κ2) is 8.09. The summed E-state index contributed by atoms with van der Waals surface area (Å²) >= 11 is 1.65. The molecule has 0 aliphatic carbocycles. The number of benzene rings is 2. The zero-order chi connectivity index (χ0) is 17.8. The van der Waals surface area contributed by atoms with Crippen molar-refractivity contribution >= 4 is 22.9 Å². The van der Waals surface area contributed by atoms with Crippen molar-refractivity contribution in [3.05, 3.63) is 59.7 Å². The highest BCUT2D eigenvalue weighted by molar-refractivity contribution is 7.98. The van der Waals surface area contributed by atoms with Crippen LogP contribution in [0, 0.1) is 11.8 Å². The van der Waals surface area contributed by atoms with Gasteiger partial charge in [0.2, 0.25) is 0 Å². The molecule has 0 saturated carbocycles. The number of hydrogen-bond acceptors (Lipinski definition) is 3. The van der Waals surface area contributed by atoms with Crippen LogP contribution in [0.2, 0.25) is 0 Å². The molecule has 3 aromatic rings. The second-order valence-electron chi connectivity index (χ2n) is 7.46. The van der Waals surface area contributed by atoms with E-state index in [-0.39, 0.29) is 0 Å². The maximum atomic E-state index is 5.78. The van der Waals surface area contributed by atoms with Gasteiger partial charge in [0.25, 0.3) is 5.22 Å². The van der Waals surface area contributed by atoms with Crippen LogP contribution in [0.25, 0.3) is 11.1 Å². The molecule has 2 nitrogen and oxygen atoms in total. The number of fused-ring (bicyclic) bond motifs is 1. The Kier molecular flexibility index (Phi) is 5.85. The first-order valence-corrected chi connectivity index (χ1v) is 10.1. The summed E-state index contributed by atoms with van der Waals surface area (Å²) in [5.74, 6) is 2.91. The summed E-state index contributed by atoms with van der Waals surface area (Å²) in [5.41, 5.74) is 4.55. The smallest absolute Gasteiger partial charge is 0.257 e. The van der Waals surface area contributed by atoms with Crippen molar-refractivity contribution in [3.63, 3.8) is 0 Å². The number of nitrogens with zero attached hydrogens (tertiary/aromatic N) is 1. The van der Waals surface area contributed by atoms with Crippen LogP contribution in [0.1, 0.15) is 51.2 Å². The first-order valence-electron chi connectivity index (χ1n) is 9.10. The molecular formula is C22H27NOS. The van der Waals surface area contributed by atoms with Crippen molar-refractivity contribution in [2.24, 2.45) is 11.8 Å². The van der Waals surface area contributed by atoms with Crippen molar-refractivity contribution in [1.29, 1.82) is 0 Å². The van der Waals surface area contributed by atoms with E-state index in [1.165, 1.54) is 17.5 Å². The standard InChI is InChI=1S/C22H27NOS/c1-15(2)13-19(16(3)4)18-11-9-17(10-12-18)14-25-22-23-20-7-5-6-8-21(20)24-22/h5-12,15-16,19H,13-14H2,1-4H3. The van der Waals surface area contributed by atoms with Crippen LogP contribution < -0.4 is 0 Å². The molecule has 0 aliphatic rings. The highest BCUT2D eigenvalue weighted by atomic mass is 32.2. The molecule has 1 aromatic heterocycles. The molecule has 3 heteroatoms. The van der Waals surface area contributed by atoms with E-state index in [1.807, 2.05) is 24.3 Å². The minimum atomic E-state index is 0.638. The summed E-state index contributed by atoms with van der Waals surface area (Å²) in [6.07, 6.45) is 1.24. The quantitative estimate of drug-likeness (QED) is 0.432. The van der Waals surface area contributed by atoms with Crippen LogP contribution >= 0.6 is 11.8 Å². The van der Waals surface area contributed by atoms with Gasteiger partial charge in [0, 0.05) is 5.75 Å². The fourth-order valence-corrected chi connectivity index (χ4v) is 4.01. The van der Waals surface area contributed by atoms with E-state index in [4.69, 9.17) is 4.42 Å². The molecule has 25 heavy (non-hydrogen) atoms. The van der Waals surface area contributed by atoms with Crippen LogP contribution in [0.4, 0.5) is 0 Å². The SMILES string of the molecule is CC(C)CC(c1ccc(CSc2nc3ccccc3o2)cc1)C(C)C. The molecule has 1 heterocycles. The van der Waals surface area contributed by atoms with E-state index in [1.54, 1.807) is 11.8 Å². The predicted molar refractivity (Wildman–Crippen MR) is 107 cm³/mol. The second-order valence-corrected chi connectivity index (χ2v) is 8.38. The molecule has 2 aromatic carbocycles. The van der Waals surface area contributed by atoms with E-state index in [9.17, 15) is 0 Å². The molecule has 0 radical (unpaired) electrons. The van der Waals surface area contributed by atoms with Gasteiger partial charge in [-0.05, 0) is 47.4 Å². The van der Waals surface area contributed by atoms with Gasteiger partial charge in [-0.3, -0.25) is 0 Å². The van der Waals surface area contributed by atoms with E-state index >= 15 is 0 Å². The normalized spacial score (nSPS) is 13.0. The number of hydrogen-bond donors (Lipinski definition) is 0. The van der Waals surface area contributed by atoms with Crippen LogP contribution in [-0.2, 0) is 5.75 Å². The molecule has 0 bridgehead atoms. The van der Waals surface area contributed by atoms with Crippen molar-refractivity contribution in [2.75, 3.05) is 0 Å². The minimum absolute atomic E-state index is 0.638. The molecule has 0 spiro atoms. The molecule has 0 saturated heterocycles. The molecule has 1 atom stereocenters. The Balaban J connectivity index is 1.65. The van der Waals surface area contributed by atoms with Gasteiger partial charge >= 0.3 is 0 Å². The zero-order valence-electron chi connectivity index (χ0n) is 15.5. The minimum Gasteiger partial charge on any atom is -0.431 e. The molecule has 0 fully saturated rings. The number of aromatic nitrogens is 1. The Labute approximate surface area is 155 Å². The summed E-state index contributed by atoms with van der Waals surface area (Å²) in [4.78, 5) is 4.53. The first-order chi connectivity index (χ1) is 12.0. The lowest BCUT2D eigenvalue weighted by Crippen LogP contribution is -2.09. The van der Waals surface area contributed by atoms with Crippen LogP contribution in [0.5, 0.6) is 0 Å². The maximum absolute atomic E-state index is 5.78. The highest BCUT2D eigenvalue weighted by Crippen LogP contribution is 2.32. The Morgan fingerprint density at radius 1 is 0.960 bits per heavy atom. The summed E-state index contributed by atoms with van der Waals surface area (Å²) in [6.45, 7) is 9.26. The molecule has 0 N–H and O–H groups in total. The summed E-state index contributed by atoms with van der Waals surface area (Å²) < 4.78 is 5.78. The van der Waals surface area contributed by atoms with E-state index in [0.717, 1.165) is 28.0 Å². The van der Waals surface area contributed by atoms with Gasteiger partial charge in [0.1, 0.15) is 5.52 Å². The molecule has 132 valence electrons. The average molecular weight is 354 g/mol. The number of thioether (sulfide) groups is 1. The van der Waals surface area contributed by atoms with Gasteiger partial charge in [-0.15, -0.1) is 0 Å². The molecule has 1 unspecified atom stereocenters. The van der Waals surface area contributed by atoms with Gasteiger partial charge < -0.3 is 4.42 Å². The monoisotopic (exact) mass is 353 g/mol. The molecule has 0 aliphatic heterocycles. The summed E-state index contributed by atoms with van der Waals surface area (Å²) in [5, 5.41) is 0.741. The maximum Gasteiger partial charge on any atom is 0.257 e. The van der Waals surface area contributed by atoms with Crippen molar-refractivity contribution in [1.82, 2.24) is 4.98 Å². The highest BCUT2D eigenvalue weighted by Gasteiger charge is 2.17. The summed E-state index contributed by atoms with van der Waals surface area (Å²) in [6, 6.07) is 17.0. The lowest BCUT2D eigenvalue weighted by atomic mass is 9.82. The lowest BCUT2D eigenvalue weighted by Gasteiger charge is -2.23. The fourth-order valence-electron chi connectivity index (χ4n) is 3.22. The molecule has 3 rings (SSSR count). The number of rotatable bonds is 7. The van der Waals surface area contributed by atoms with Gasteiger partial charge in [-0.1, -0.05) is 75.9 Å². The fraction of sp³-hybridized carbons (Fsp3) is 0.409. The van der Waals surface area contributed by atoms with Crippen molar-refractivity contribution < 1.29 is 4.42 Å². The third-order valence-electron chi connectivity index (χ3n) is 4.57. The Bertz CT molecular complexity index is 771. The van der Waals surface area contributed by atoms with Gasteiger partial charge in [0.05, 0.1) is 0 Å². The Morgan fingerprint density at radius 3 is 2.32 bits per heavy atom. The zero-order valence-corrected chi connectivity index (χ0v) is 16.3. The largest absolute Gasteiger partial charge is 0.431 e. The predicted octanol–water partition coefficient (Wildman–Crippen LogP) is 6.91. The topological polar surface area (TPSA) is 26.0 Å². The lowest BCUT2D eigenvalue weighted by molar-refractivity contribution is 0.408. The van der Waals surface area contributed by atoms with Crippen LogP contribution in [0.15, 0.2) is 58.2 Å². The summed E-state index contributed by atoms with van der Waals surface area (Å²) in [7, 11) is 0. The van der Waals surface area contributed by atoms with Gasteiger partial charge in [-0.25, -0.2) is 4.98 Å². The Hall–Kier alpha value is -1.74. The third kappa shape index (κ3) is 4.66. The van der Waals surface area contributed by atoms with Gasteiger partial charge in [0.15, 0.2) is 5.58 Å². The van der Waals surface area contributed by atoms with Crippen molar-refractivity contribution in [2.45, 2.75) is 51.0 Å². The van der Waals surface area contributed by atoms with E-state index in [0.29, 0.717) is 11.8 Å². The number of para-hydroxylation sites is 2. The number of oxazole rings is 1. The van der Waals surface area contributed by atoms with Crippen LogP contribution in [-0.4, -0.2) is 4.98 Å². The first kappa shape index (κ1) is 18.1. The Morgan fingerprint density at radius 2 is 1.68 bits per heavy atom.